The summed E-state index contributed by atoms with van der Waals surface area (Å²) in [6.45, 7) is 4.21. The maximum Gasteiger partial charge on any atom is 0.220 e. The zero-order valence-electron chi connectivity index (χ0n) is 31.7. The second-order valence-corrected chi connectivity index (χ2v) is 13.7. The van der Waals surface area contributed by atoms with Gasteiger partial charge >= 0.3 is 0 Å². The van der Waals surface area contributed by atoms with Crippen LogP contribution in [0.1, 0.15) is 194 Å². The maximum absolute atomic E-state index is 12.3. The first-order chi connectivity index (χ1) is 23.7. The molecule has 0 fully saturated rings. The highest BCUT2D eigenvalue weighted by Crippen LogP contribution is 2.14. The normalized spacial score (nSPS) is 13.7. The molecule has 4 heteroatoms. The van der Waals surface area contributed by atoms with E-state index in [1.54, 1.807) is 0 Å². The van der Waals surface area contributed by atoms with Crippen LogP contribution in [0.25, 0.3) is 0 Å². The lowest BCUT2D eigenvalue weighted by Crippen LogP contribution is -2.45. The summed E-state index contributed by atoms with van der Waals surface area (Å²) >= 11 is 0. The van der Waals surface area contributed by atoms with Crippen molar-refractivity contribution in [2.45, 2.75) is 206 Å². The Kier molecular flexibility index (Phi) is 38.0. The van der Waals surface area contributed by atoms with Gasteiger partial charge in [-0.05, 0) is 57.8 Å². The molecule has 1 amide bonds. The molecular formula is C44H79NO3. The Labute approximate surface area is 298 Å². The molecule has 0 saturated heterocycles. The number of aliphatic hydroxyl groups is 2. The summed E-state index contributed by atoms with van der Waals surface area (Å²) in [5.41, 5.74) is 0. The zero-order chi connectivity index (χ0) is 35.0. The third kappa shape index (κ3) is 35.4. The highest BCUT2D eigenvalue weighted by Gasteiger charge is 2.19. The molecule has 0 rings (SSSR count). The van der Waals surface area contributed by atoms with E-state index in [4.69, 9.17) is 0 Å². The summed E-state index contributed by atoms with van der Waals surface area (Å²) in [5.74, 6) is -0.0403. The van der Waals surface area contributed by atoms with Crippen LogP contribution in [0.2, 0.25) is 0 Å². The van der Waals surface area contributed by atoms with E-state index in [1.807, 2.05) is 0 Å². The predicted molar refractivity (Wildman–Crippen MR) is 211 cm³/mol. The summed E-state index contributed by atoms with van der Waals surface area (Å²) in [7, 11) is 0. The summed E-state index contributed by atoms with van der Waals surface area (Å²) in [4.78, 5) is 12.3. The summed E-state index contributed by atoms with van der Waals surface area (Å²) in [6, 6.07) is -0.537. The van der Waals surface area contributed by atoms with E-state index < -0.39 is 12.1 Å². The Morgan fingerprint density at radius 1 is 0.521 bits per heavy atom. The SMILES string of the molecule is CC/C=C\C/C=C\C/C=C\C/C=C\C/C=C\CCCCCCCCCCCCCC(=O)NC(CO)C(O)CCCCCCCCCCC. The first-order valence-electron chi connectivity index (χ1n) is 20.5. The first kappa shape index (κ1) is 46.1. The van der Waals surface area contributed by atoms with Gasteiger partial charge in [-0.2, -0.15) is 0 Å². The van der Waals surface area contributed by atoms with Crippen LogP contribution < -0.4 is 5.32 Å². The fraction of sp³-hybridized carbons (Fsp3) is 0.750. The number of hydrogen-bond donors (Lipinski definition) is 3. The molecule has 48 heavy (non-hydrogen) atoms. The number of unbranched alkanes of at least 4 members (excludes halogenated alkanes) is 19. The third-order valence-electron chi connectivity index (χ3n) is 9.04. The summed E-state index contributed by atoms with van der Waals surface area (Å²) < 4.78 is 0. The van der Waals surface area contributed by atoms with Gasteiger partial charge in [0.05, 0.1) is 18.8 Å². The molecule has 2 atom stereocenters. The molecule has 0 aromatic heterocycles. The summed E-state index contributed by atoms with van der Waals surface area (Å²) in [5, 5.41) is 23.0. The van der Waals surface area contributed by atoms with Crippen molar-refractivity contribution < 1.29 is 15.0 Å². The Morgan fingerprint density at radius 3 is 1.38 bits per heavy atom. The minimum Gasteiger partial charge on any atom is -0.394 e. The molecule has 0 heterocycles. The minimum atomic E-state index is -0.660. The first-order valence-corrected chi connectivity index (χ1v) is 20.5. The van der Waals surface area contributed by atoms with Crippen molar-refractivity contribution >= 4 is 5.91 Å². The average molecular weight is 670 g/mol. The number of rotatable bonds is 36. The van der Waals surface area contributed by atoms with Crippen LogP contribution in [0, 0.1) is 0 Å². The molecule has 0 radical (unpaired) electrons. The van der Waals surface area contributed by atoms with Gasteiger partial charge in [-0.3, -0.25) is 4.79 Å². The van der Waals surface area contributed by atoms with Crippen molar-refractivity contribution in [3.8, 4) is 0 Å². The second kappa shape index (κ2) is 39.5. The van der Waals surface area contributed by atoms with E-state index in [-0.39, 0.29) is 12.5 Å². The molecule has 2 unspecified atom stereocenters. The van der Waals surface area contributed by atoms with Crippen molar-refractivity contribution in [1.29, 1.82) is 0 Å². The fourth-order valence-corrected chi connectivity index (χ4v) is 5.92. The standard InChI is InChI=1S/C44H79NO3/c1-3-5-7-9-11-13-14-15-16-17-18-19-20-21-22-23-24-25-26-27-28-29-30-32-34-36-38-40-44(48)45-42(41-46)43(47)39-37-35-33-31-12-10-8-6-4-2/h5,7,11,13,15-16,18-19,21-22,42-43,46-47H,3-4,6,8-10,12,14,17,20,23-41H2,1-2H3,(H,45,48)/b7-5-,13-11-,16-15-,19-18-,22-21-. The predicted octanol–water partition coefficient (Wildman–Crippen LogP) is 12.6. The van der Waals surface area contributed by atoms with Crippen molar-refractivity contribution in [1.82, 2.24) is 5.32 Å². The van der Waals surface area contributed by atoms with E-state index in [0.29, 0.717) is 12.8 Å². The van der Waals surface area contributed by atoms with Gasteiger partial charge in [0.1, 0.15) is 0 Å². The molecule has 0 aliphatic carbocycles. The lowest BCUT2D eigenvalue weighted by Gasteiger charge is -2.22. The smallest absolute Gasteiger partial charge is 0.220 e. The molecular weight excluding hydrogens is 590 g/mol. The number of amides is 1. The van der Waals surface area contributed by atoms with Crippen molar-refractivity contribution in [3.05, 3.63) is 60.8 Å². The van der Waals surface area contributed by atoms with Crippen LogP contribution in [-0.4, -0.2) is 34.9 Å². The molecule has 0 saturated carbocycles. The number of carbonyl (C=O) groups excluding carboxylic acids is 1. The molecule has 0 spiro atoms. The Hall–Kier alpha value is -1.91. The van der Waals surface area contributed by atoms with Crippen LogP contribution in [0.3, 0.4) is 0 Å². The van der Waals surface area contributed by atoms with E-state index in [1.165, 1.54) is 109 Å². The third-order valence-corrected chi connectivity index (χ3v) is 9.04. The van der Waals surface area contributed by atoms with E-state index >= 15 is 0 Å². The van der Waals surface area contributed by atoms with Gasteiger partial charge in [0.2, 0.25) is 5.91 Å². The quantitative estimate of drug-likeness (QED) is 0.0459. The Bertz CT molecular complexity index is 812. The van der Waals surface area contributed by atoms with Crippen LogP contribution in [0.5, 0.6) is 0 Å². The summed E-state index contributed by atoms with van der Waals surface area (Å²) in [6.07, 6.45) is 54.4. The van der Waals surface area contributed by atoms with Crippen LogP contribution in [0.4, 0.5) is 0 Å². The highest BCUT2D eigenvalue weighted by atomic mass is 16.3. The number of aliphatic hydroxyl groups excluding tert-OH is 2. The van der Waals surface area contributed by atoms with Crippen molar-refractivity contribution in [2.24, 2.45) is 0 Å². The van der Waals surface area contributed by atoms with E-state index in [2.05, 4.69) is 79.9 Å². The molecule has 0 aliphatic rings. The van der Waals surface area contributed by atoms with Crippen LogP contribution in [0.15, 0.2) is 60.8 Å². The average Bonchev–Trinajstić information content (AvgIpc) is 3.09. The largest absolute Gasteiger partial charge is 0.394 e. The van der Waals surface area contributed by atoms with Crippen molar-refractivity contribution in [2.75, 3.05) is 6.61 Å². The van der Waals surface area contributed by atoms with E-state index in [0.717, 1.165) is 57.8 Å². The van der Waals surface area contributed by atoms with Gasteiger partial charge < -0.3 is 15.5 Å². The molecule has 0 aliphatic heterocycles. The highest BCUT2D eigenvalue weighted by molar-refractivity contribution is 5.76. The van der Waals surface area contributed by atoms with Gasteiger partial charge in [0, 0.05) is 6.42 Å². The fourth-order valence-electron chi connectivity index (χ4n) is 5.92. The van der Waals surface area contributed by atoms with Crippen LogP contribution >= 0.6 is 0 Å². The van der Waals surface area contributed by atoms with E-state index in [9.17, 15) is 15.0 Å². The van der Waals surface area contributed by atoms with Gasteiger partial charge in [-0.25, -0.2) is 0 Å². The number of hydrogen-bond acceptors (Lipinski definition) is 3. The zero-order valence-corrected chi connectivity index (χ0v) is 31.7. The lowest BCUT2D eigenvalue weighted by atomic mass is 10.0. The Balaban J connectivity index is 3.53. The van der Waals surface area contributed by atoms with Crippen molar-refractivity contribution in [3.63, 3.8) is 0 Å². The maximum atomic E-state index is 12.3. The lowest BCUT2D eigenvalue weighted by molar-refractivity contribution is -0.123. The number of carbonyl (C=O) groups is 1. The van der Waals surface area contributed by atoms with Gasteiger partial charge in [0.15, 0.2) is 0 Å². The molecule has 278 valence electrons. The molecule has 0 aromatic rings. The minimum absolute atomic E-state index is 0.0403. The molecule has 4 nitrogen and oxygen atoms in total. The van der Waals surface area contributed by atoms with Gasteiger partial charge in [0.25, 0.3) is 0 Å². The molecule has 0 aromatic carbocycles. The number of nitrogens with one attached hydrogen (secondary N) is 1. The van der Waals surface area contributed by atoms with Crippen LogP contribution in [-0.2, 0) is 4.79 Å². The molecule has 0 bridgehead atoms. The Morgan fingerprint density at radius 2 is 0.917 bits per heavy atom. The second-order valence-electron chi connectivity index (χ2n) is 13.7. The molecule has 3 N–H and O–H groups in total. The van der Waals surface area contributed by atoms with Gasteiger partial charge in [-0.1, -0.05) is 190 Å². The van der Waals surface area contributed by atoms with Gasteiger partial charge in [-0.15, -0.1) is 0 Å². The number of allylic oxidation sites excluding steroid dienone is 10. The topological polar surface area (TPSA) is 69.6 Å². The monoisotopic (exact) mass is 670 g/mol.